The Morgan fingerprint density at radius 2 is 1.84 bits per heavy atom. The third-order valence-corrected chi connectivity index (χ3v) is 6.18. The molecular formula is C19H15N7O4S2. The fourth-order valence-electron chi connectivity index (χ4n) is 2.50. The Labute approximate surface area is 186 Å². The number of anilines is 1. The first kappa shape index (κ1) is 22.4. The lowest BCUT2D eigenvalue weighted by atomic mass is 10.1. The number of non-ortho nitro benzene ring substituents is 1. The van der Waals surface area contributed by atoms with Crippen LogP contribution in [0.15, 0.2) is 69.4 Å². The van der Waals surface area contributed by atoms with Gasteiger partial charge >= 0.3 is 0 Å². The number of hydrogen-bond acceptors (Lipinski definition) is 8. The van der Waals surface area contributed by atoms with Crippen molar-refractivity contribution in [1.82, 2.24) is 4.98 Å². The van der Waals surface area contributed by atoms with Crippen LogP contribution < -0.4 is 16.8 Å². The topological polar surface area (TPSA) is 190 Å². The Hall–Kier alpha value is -4.28. The van der Waals surface area contributed by atoms with Crippen molar-refractivity contribution in [3.63, 3.8) is 0 Å². The zero-order chi connectivity index (χ0) is 23.3. The Kier molecular flexibility index (Phi) is 6.47. The second-order valence-electron chi connectivity index (χ2n) is 6.17. The SMILES string of the molecule is N#C/C(=C\Nc1ccc(S(=O)(=O)N=C(N)N)cc1)c1nc(-c2ccc([N+](=O)[O-])cc2)cs1. The van der Waals surface area contributed by atoms with Gasteiger partial charge < -0.3 is 16.8 Å². The number of guanidine groups is 1. The van der Waals surface area contributed by atoms with Crippen molar-refractivity contribution in [2.45, 2.75) is 4.90 Å². The highest BCUT2D eigenvalue weighted by Crippen LogP contribution is 2.27. The van der Waals surface area contributed by atoms with Gasteiger partial charge in [0, 0.05) is 35.0 Å². The molecule has 0 aliphatic heterocycles. The maximum atomic E-state index is 12.0. The number of benzene rings is 2. The summed E-state index contributed by atoms with van der Waals surface area (Å²) in [6.07, 6.45) is 1.44. The Morgan fingerprint density at radius 1 is 1.19 bits per heavy atom. The molecule has 162 valence electrons. The number of nitriles is 1. The molecule has 13 heteroatoms. The number of rotatable bonds is 7. The van der Waals surface area contributed by atoms with E-state index >= 15 is 0 Å². The minimum absolute atomic E-state index is 0.0249. The molecule has 3 aromatic rings. The lowest BCUT2D eigenvalue weighted by Crippen LogP contribution is -2.24. The van der Waals surface area contributed by atoms with E-state index < -0.39 is 20.9 Å². The minimum atomic E-state index is -3.99. The second-order valence-corrected chi connectivity index (χ2v) is 8.63. The number of nitrogens with one attached hydrogen (secondary N) is 1. The summed E-state index contributed by atoms with van der Waals surface area (Å²) in [6, 6.07) is 13.6. The van der Waals surface area contributed by atoms with E-state index in [4.69, 9.17) is 11.5 Å². The fraction of sp³-hybridized carbons (Fsp3) is 0. The maximum absolute atomic E-state index is 12.0. The highest BCUT2D eigenvalue weighted by atomic mass is 32.2. The number of nitrogens with zero attached hydrogens (tertiary/aromatic N) is 4. The van der Waals surface area contributed by atoms with E-state index in [9.17, 15) is 23.8 Å². The van der Waals surface area contributed by atoms with Gasteiger partial charge in [0.15, 0.2) is 0 Å². The normalized spacial score (nSPS) is 11.4. The van der Waals surface area contributed by atoms with Gasteiger partial charge in [-0.15, -0.1) is 15.7 Å². The van der Waals surface area contributed by atoms with Crippen LogP contribution >= 0.6 is 11.3 Å². The summed E-state index contributed by atoms with van der Waals surface area (Å²) in [5, 5.41) is 25.4. The van der Waals surface area contributed by atoms with E-state index in [1.165, 1.54) is 53.9 Å². The first-order valence-corrected chi connectivity index (χ1v) is 11.0. The van der Waals surface area contributed by atoms with Crippen molar-refractivity contribution in [2.24, 2.45) is 15.9 Å². The van der Waals surface area contributed by atoms with E-state index in [2.05, 4.69) is 20.8 Å². The summed E-state index contributed by atoms with van der Waals surface area (Å²) in [5.74, 6) is -0.565. The molecule has 11 nitrogen and oxygen atoms in total. The lowest BCUT2D eigenvalue weighted by molar-refractivity contribution is -0.384. The number of hydrogen-bond donors (Lipinski definition) is 3. The van der Waals surface area contributed by atoms with Crippen molar-refractivity contribution in [3.8, 4) is 17.3 Å². The van der Waals surface area contributed by atoms with E-state index in [-0.39, 0.29) is 16.2 Å². The van der Waals surface area contributed by atoms with Gasteiger partial charge in [-0.1, -0.05) is 0 Å². The predicted octanol–water partition coefficient (Wildman–Crippen LogP) is 2.66. The molecule has 32 heavy (non-hydrogen) atoms. The summed E-state index contributed by atoms with van der Waals surface area (Å²) in [4.78, 5) is 14.6. The van der Waals surface area contributed by atoms with Crippen LogP contribution in [0.25, 0.3) is 16.8 Å². The van der Waals surface area contributed by atoms with Gasteiger partial charge in [-0.2, -0.15) is 13.7 Å². The van der Waals surface area contributed by atoms with Crippen LogP contribution in [0.2, 0.25) is 0 Å². The third-order valence-electron chi connectivity index (χ3n) is 3.99. The first-order valence-electron chi connectivity index (χ1n) is 8.73. The van der Waals surface area contributed by atoms with E-state index in [0.717, 1.165) is 0 Å². The third kappa shape index (κ3) is 5.25. The summed E-state index contributed by atoms with van der Waals surface area (Å²) < 4.78 is 27.1. The highest BCUT2D eigenvalue weighted by molar-refractivity contribution is 7.90. The second kappa shape index (κ2) is 9.25. The van der Waals surface area contributed by atoms with Gasteiger partial charge in [0.1, 0.15) is 16.6 Å². The van der Waals surface area contributed by atoms with Crippen molar-refractivity contribution >= 4 is 44.3 Å². The molecule has 0 saturated carbocycles. The van der Waals surface area contributed by atoms with Crippen LogP contribution in [-0.2, 0) is 10.0 Å². The molecule has 0 unspecified atom stereocenters. The fourth-order valence-corrected chi connectivity index (χ4v) is 4.15. The Bertz CT molecular complexity index is 1350. The van der Waals surface area contributed by atoms with Crippen LogP contribution in [0.4, 0.5) is 11.4 Å². The number of thiazole rings is 1. The van der Waals surface area contributed by atoms with Crippen molar-refractivity contribution in [1.29, 1.82) is 5.26 Å². The molecule has 3 rings (SSSR count). The van der Waals surface area contributed by atoms with Crippen LogP contribution in [0.5, 0.6) is 0 Å². The number of sulfonamides is 1. The van der Waals surface area contributed by atoms with Crippen LogP contribution in [-0.4, -0.2) is 24.3 Å². The largest absolute Gasteiger partial charge is 0.369 e. The molecule has 0 amide bonds. The van der Waals surface area contributed by atoms with E-state index in [1.807, 2.05) is 0 Å². The van der Waals surface area contributed by atoms with Gasteiger partial charge in [-0.05, 0) is 36.4 Å². The zero-order valence-electron chi connectivity index (χ0n) is 16.2. The first-order chi connectivity index (χ1) is 15.2. The molecule has 0 fully saturated rings. The smallest absolute Gasteiger partial charge is 0.285 e. The van der Waals surface area contributed by atoms with Crippen LogP contribution in [0.3, 0.4) is 0 Å². The summed E-state index contributed by atoms with van der Waals surface area (Å²) in [7, 11) is -3.99. The Balaban J connectivity index is 1.77. The summed E-state index contributed by atoms with van der Waals surface area (Å²) >= 11 is 1.24. The number of nitro groups is 1. The molecule has 0 aliphatic rings. The molecule has 0 radical (unpaired) electrons. The lowest BCUT2D eigenvalue weighted by Gasteiger charge is -2.03. The van der Waals surface area contributed by atoms with Crippen molar-refractivity contribution in [2.75, 3.05) is 5.32 Å². The van der Waals surface area contributed by atoms with Gasteiger partial charge in [0.2, 0.25) is 5.96 Å². The summed E-state index contributed by atoms with van der Waals surface area (Å²) in [6.45, 7) is 0. The average molecular weight is 470 g/mol. The van der Waals surface area contributed by atoms with Gasteiger partial charge in [-0.3, -0.25) is 10.1 Å². The van der Waals surface area contributed by atoms with E-state index in [1.54, 1.807) is 17.5 Å². The molecule has 5 N–H and O–H groups in total. The minimum Gasteiger partial charge on any atom is -0.369 e. The molecule has 0 bridgehead atoms. The van der Waals surface area contributed by atoms with Crippen LogP contribution in [0, 0.1) is 21.4 Å². The van der Waals surface area contributed by atoms with Gasteiger partial charge in [-0.25, -0.2) is 4.98 Å². The van der Waals surface area contributed by atoms with Crippen molar-refractivity contribution in [3.05, 3.63) is 75.2 Å². The number of aromatic nitrogens is 1. The molecule has 0 saturated heterocycles. The number of allylic oxidation sites excluding steroid dienone is 1. The maximum Gasteiger partial charge on any atom is 0.285 e. The zero-order valence-corrected chi connectivity index (χ0v) is 17.8. The standard InChI is InChI=1S/C19H15N7O4S2/c20-9-13(10-23-14-3-7-16(8-4-14)32(29,30)25-19(21)22)18-24-17(11-31-18)12-1-5-15(6-2-12)26(27)28/h1-8,10-11,23H,(H4,21,22,25)/b13-10+. The molecular weight excluding hydrogens is 454 g/mol. The molecule has 1 heterocycles. The van der Waals surface area contributed by atoms with Gasteiger partial charge in [0.25, 0.3) is 15.7 Å². The molecule has 0 aliphatic carbocycles. The van der Waals surface area contributed by atoms with Crippen LogP contribution in [0.1, 0.15) is 5.01 Å². The highest BCUT2D eigenvalue weighted by Gasteiger charge is 2.13. The van der Waals surface area contributed by atoms with E-state index in [0.29, 0.717) is 22.0 Å². The predicted molar refractivity (Wildman–Crippen MR) is 121 cm³/mol. The average Bonchev–Trinajstić information content (AvgIpc) is 3.24. The number of nitrogens with two attached hydrogens (primary N) is 2. The van der Waals surface area contributed by atoms with Crippen molar-refractivity contribution < 1.29 is 13.3 Å². The quantitative estimate of drug-likeness (QED) is 0.153. The molecule has 1 aromatic heterocycles. The van der Waals surface area contributed by atoms with Gasteiger partial charge in [0.05, 0.1) is 15.5 Å². The summed E-state index contributed by atoms with van der Waals surface area (Å²) in [5.41, 5.74) is 12.2. The monoisotopic (exact) mass is 469 g/mol. The molecule has 0 spiro atoms. The Morgan fingerprint density at radius 3 is 2.41 bits per heavy atom. The molecule has 0 atom stereocenters. The number of nitro benzene ring substituents is 1. The molecule has 2 aromatic carbocycles.